The molecule has 1 atom stereocenters. The molecule has 0 aliphatic carbocycles. The lowest BCUT2D eigenvalue weighted by Crippen LogP contribution is -2.43. The van der Waals surface area contributed by atoms with E-state index in [1.807, 2.05) is 0 Å². The van der Waals surface area contributed by atoms with Crippen LogP contribution in [0.3, 0.4) is 0 Å². The monoisotopic (exact) mass is 229 g/mol. The highest BCUT2D eigenvalue weighted by Gasteiger charge is 2.28. The summed E-state index contributed by atoms with van der Waals surface area (Å²) in [6, 6.07) is -0.210. The first-order valence-electron chi connectivity index (χ1n) is 5.39. The van der Waals surface area contributed by atoms with Gasteiger partial charge >= 0.3 is 0 Å². The van der Waals surface area contributed by atoms with Crippen molar-refractivity contribution < 1.29 is 14.3 Å². The van der Waals surface area contributed by atoms with Gasteiger partial charge in [0, 0.05) is 27.2 Å². The molecule has 1 aliphatic heterocycles. The Bertz CT molecular complexity index is 258. The SMILES string of the molecule is COCCNC(=O)CNC1CCN(C)C1=O. The molecule has 0 saturated carbocycles. The Morgan fingerprint density at radius 3 is 2.94 bits per heavy atom. The van der Waals surface area contributed by atoms with E-state index < -0.39 is 0 Å². The van der Waals surface area contributed by atoms with Crippen LogP contribution in [0.15, 0.2) is 0 Å². The van der Waals surface area contributed by atoms with E-state index in [0.717, 1.165) is 13.0 Å². The van der Waals surface area contributed by atoms with Crippen molar-refractivity contribution in [1.82, 2.24) is 15.5 Å². The van der Waals surface area contributed by atoms with Crippen LogP contribution in [-0.4, -0.2) is 63.2 Å². The summed E-state index contributed by atoms with van der Waals surface area (Å²) in [6.07, 6.45) is 0.765. The third-order valence-corrected chi connectivity index (χ3v) is 2.56. The summed E-state index contributed by atoms with van der Waals surface area (Å²) in [5.74, 6) is -0.0518. The van der Waals surface area contributed by atoms with Crippen molar-refractivity contribution in [2.45, 2.75) is 12.5 Å². The summed E-state index contributed by atoms with van der Waals surface area (Å²) in [6.45, 7) is 1.92. The number of carbonyl (C=O) groups is 2. The molecule has 1 heterocycles. The fraction of sp³-hybridized carbons (Fsp3) is 0.800. The summed E-state index contributed by atoms with van der Waals surface area (Å²) < 4.78 is 4.81. The van der Waals surface area contributed by atoms with Crippen molar-refractivity contribution in [2.75, 3.05) is 40.4 Å². The molecule has 16 heavy (non-hydrogen) atoms. The van der Waals surface area contributed by atoms with Crippen LogP contribution in [0.5, 0.6) is 0 Å². The highest BCUT2D eigenvalue weighted by Crippen LogP contribution is 2.07. The number of carbonyl (C=O) groups excluding carboxylic acids is 2. The van der Waals surface area contributed by atoms with Crippen LogP contribution in [0.25, 0.3) is 0 Å². The molecule has 0 aromatic heterocycles. The van der Waals surface area contributed by atoms with Gasteiger partial charge in [0.15, 0.2) is 0 Å². The maximum atomic E-state index is 11.5. The molecule has 0 bridgehead atoms. The number of methoxy groups -OCH3 is 1. The van der Waals surface area contributed by atoms with Gasteiger partial charge in [0.1, 0.15) is 0 Å². The van der Waals surface area contributed by atoms with Crippen LogP contribution in [0.2, 0.25) is 0 Å². The highest BCUT2D eigenvalue weighted by molar-refractivity contribution is 5.85. The maximum Gasteiger partial charge on any atom is 0.239 e. The number of nitrogens with one attached hydrogen (secondary N) is 2. The van der Waals surface area contributed by atoms with E-state index in [1.165, 1.54) is 0 Å². The second-order valence-electron chi connectivity index (χ2n) is 3.82. The molecule has 0 radical (unpaired) electrons. The maximum absolute atomic E-state index is 11.5. The number of ether oxygens (including phenoxy) is 1. The number of hydrogen-bond acceptors (Lipinski definition) is 4. The standard InChI is InChI=1S/C10H19N3O3/c1-13-5-3-8(10(13)15)12-7-9(14)11-4-6-16-2/h8,12H,3-7H2,1-2H3,(H,11,14). The van der Waals surface area contributed by atoms with E-state index in [-0.39, 0.29) is 24.4 Å². The minimum absolute atomic E-state index is 0.0599. The smallest absolute Gasteiger partial charge is 0.239 e. The molecule has 0 aromatic carbocycles. The van der Waals surface area contributed by atoms with Crippen molar-refractivity contribution in [3.63, 3.8) is 0 Å². The lowest BCUT2D eigenvalue weighted by atomic mass is 10.2. The van der Waals surface area contributed by atoms with Gasteiger partial charge in [0.25, 0.3) is 0 Å². The van der Waals surface area contributed by atoms with Gasteiger partial charge in [-0.25, -0.2) is 0 Å². The van der Waals surface area contributed by atoms with Gasteiger partial charge in [0.2, 0.25) is 11.8 Å². The van der Waals surface area contributed by atoms with Gasteiger partial charge in [-0.2, -0.15) is 0 Å². The van der Waals surface area contributed by atoms with Crippen LogP contribution >= 0.6 is 0 Å². The number of likely N-dealkylation sites (N-methyl/N-ethyl adjacent to an activating group) is 1. The highest BCUT2D eigenvalue weighted by atomic mass is 16.5. The summed E-state index contributed by atoms with van der Waals surface area (Å²) in [5.41, 5.74) is 0. The molecule has 0 aromatic rings. The second kappa shape index (κ2) is 6.44. The average Bonchev–Trinajstić information content (AvgIpc) is 2.58. The molecule has 1 rings (SSSR count). The normalized spacial score (nSPS) is 20.2. The molecular weight excluding hydrogens is 210 g/mol. The van der Waals surface area contributed by atoms with Crippen LogP contribution in [0.1, 0.15) is 6.42 Å². The zero-order valence-corrected chi connectivity index (χ0v) is 9.78. The van der Waals surface area contributed by atoms with Gasteiger partial charge in [-0.1, -0.05) is 0 Å². The van der Waals surface area contributed by atoms with Crippen LogP contribution < -0.4 is 10.6 Å². The van der Waals surface area contributed by atoms with Gasteiger partial charge in [-0.3, -0.25) is 14.9 Å². The first-order chi connectivity index (χ1) is 7.65. The molecule has 1 unspecified atom stereocenters. The van der Waals surface area contributed by atoms with Crippen LogP contribution in [0.4, 0.5) is 0 Å². The predicted octanol–water partition coefficient (Wildman–Crippen LogP) is -1.43. The van der Waals surface area contributed by atoms with Crippen molar-refractivity contribution in [1.29, 1.82) is 0 Å². The van der Waals surface area contributed by atoms with Gasteiger partial charge in [-0.05, 0) is 6.42 Å². The Morgan fingerprint density at radius 2 is 2.38 bits per heavy atom. The van der Waals surface area contributed by atoms with Gasteiger partial charge in [0.05, 0.1) is 19.2 Å². The Morgan fingerprint density at radius 1 is 1.62 bits per heavy atom. The lowest BCUT2D eigenvalue weighted by Gasteiger charge is -2.12. The van der Waals surface area contributed by atoms with E-state index in [1.54, 1.807) is 19.1 Å². The summed E-state index contributed by atoms with van der Waals surface area (Å²) in [7, 11) is 3.35. The summed E-state index contributed by atoms with van der Waals surface area (Å²) in [4.78, 5) is 24.5. The molecule has 2 N–H and O–H groups in total. The Balaban J connectivity index is 2.14. The predicted molar refractivity (Wildman–Crippen MR) is 58.9 cm³/mol. The number of nitrogens with zero attached hydrogens (tertiary/aromatic N) is 1. The minimum atomic E-state index is -0.210. The third kappa shape index (κ3) is 3.79. The van der Waals surface area contributed by atoms with Gasteiger partial charge < -0.3 is 15.0 Å². The van der Waals surface area contributed by atoms with Crippen molar-refractivity contribution in [2.24, 2.45) is 0 Å². The molecule has 1 aliphatic rings. The first kappa shape index (κ1) is 12.9. The van der Waals surface area contributed by atoms with Gasteiger partial charge in [-0.15, -0.1) is 0 Å². The molecular formula is C10H19N3O3. The van der Waals surface area contributed by atoms with E-state index in [2.05, 4.69) is 10.6 Å². The third-order valence-electron chi connectivity index (χ3n) is 2.56. The van der Waals surface area contributed by atoms with Crippen molar-refractivity contribution in [3.8, 4) is 0 Å². The number of hydrogen-bond donors (Lipinski definition) is 2. The second-order valence-corrected chi connectivity index (χ2v) is 3.82. The van der Waals surface area contributed by atoms with Crippen LogP contribution in [0, 0.1) is 0 Å². The largest absolute Gasteiger partial charge is 0.383 e. The molecule has 6 heteroatoms. The quantitative estimate of drug-likeness (QED) is 0.548. The molecule has 1 fully saturated rings. The number of rotatable bonds is 6. The van der Waals surface area contributed by atoms with Crippen molar-refractivity contribution >= 4 is 11.8 Å². The topological polar surface area (TPSA) is 70.7 Å². The number of likely N-dealkylation sites (tertiary alicyclic amines) is 1. The van der Waals surface area contributed by atoms with E-state index in [4.69, 9.17) is 4.74 Å². The zero-order valence-electron chi connectivity index (χ0n) is 9.78. The molecule has 0 spiro atoms. The average molecular weight is 229 g/mol. The molecule has 2 amide bonds. The molecule has 6 nitrogen and oxygen atoms in total. The van der Waals surface area contributed by atoms with E-state index in [0.29, 0.717) is 13.2 Å². The van der Waals surface area contributed by atoms with E-state index in [9.17, 15) is 9.59 Å². The Labute approximate surface area is 95.3 Å². The Hall–Kier alpha value is -1.14. The Kier molecular flexibility index (Phi) is 5.21. The fourth-order valence-electron chi connectivity index (χ4n) is 1.58. The van der Waals surface area contributed by atoms with Crippen LogP contribution in [-0.2, 0) is 14.3 Å². The lowest BCUT2D eigenvalue weighted by molar-refractivity contribution is -0.128. The minimum Gasteiger partial charge on any atom is -0.383 e. The van der Waals surface area contributed by atoms with Crippen molar-refractivity contribution in [3.05, 3.63) is 0 Å². The molecule has 92 valence electrons. The number of amides is 2. The zero-order chi connectivity index (χ0) is 12.0. The fourth-order valence-corrected chi connectivity index (χ4v) is 1.58. The summed E-state index contributed by atoms with van der Waals surface area (Å²) in [5, 5.41) is 5.63. The summed E-state index contributed by atoms with van der Waals surface area (Å²) >= 11 is 0. The van der Waals surface area contributed by atoms with E-state index >= 15 is 0 Å². The molecule has 1 saturated heterocycles. The first-order valence-corrected chi connectivity index (χ1v) is 5.39.